The van der Waals surface area contributed by atoms with Crippen molar-refractivity contribution in [2.45, 2.75) is 13.0 Å². The van der Waals surface area contributed by atoms with Gasteiger partial charge in [-0.15, -0.1) is 0 Å². The van der Waals surface area contributed by atoms with E-state index in [2.05, 4.69) is 0 Å². The number of aliphatic hydroxyl groups is 3. The zero-order valence-electron chi connectivity index (χ0n) is 7.31. The normalized spacial score (nSPS) is 14.7. The summed E-state index contributed by atoms with van der Waals surface area (Å²) in [4.78, 5) is 0. The molecule has 0 aliphatic rings. The van der Waals surface area contributed by atoms with Gasteiger partial charge in [0.15, 0.2) is 0 Å². The molecule has 0 radical (unpaired) electrons. The Balaban J connectivity index is 4.08. The maximum Gasteiger partial charge on any atom is 0.0947 e. The molecule has 0 rings (SSSR count). The van der Waals surface area contributed by atoms with E-state index in [4.69, 9.17) is 15.3 Å². The van der Waals surface area contributed by atoms with Gasteiger partial charge in [-0.2, -0.15) is 0 Å². The number of hydrogen-bond donors (Lipinski definition) is 3. The molecule has 0 aliphatic carbocycles. The molecule has 5 heteroatoms. The highest BCUT2D eigenvalue weighted by atomic mass is 31.2. The molecule has 74 valence electrons. The third-order valence-electron chi connectivity index (χ3n) is 1.61. The van der Waals surface area contributed by atoms with Gasteiger partial charge < -0.3 is 19.9 Å². The molecule has 0 spiro atoms. The molecule has 1 atom stereocenters. The molecule has 0 aromatic rings. The van der Waals surface area contributed by atoms with Crippen LogP contribution in [0.25, 0.3) is 0 Å². The van der Waals surface area contributed by atoms with E-state index in [0.717, 1.165) is 0 Å². The summed E-state index contributed by atoms with van der Waals surface area (Å²) in [6, 6.07) is 0. The molecule has 0 heterocycles. The van der Waals surface area contributed by atoms with Crippen molar-refractivity contribution in [2.24, 2.45) is 0 Å². The summed E-state index contributed by atoms with van der Waals surface area (Å²) in [5.74, 6) is 0. The van der Waals surface area contributed by atoms with Gasteiger partial charge in [-0.1, -0.05) is 0 Å². The van der Waals surface area contributed by atoms with Crippen LogP contribution in [0.4, 0.5) is 0 Å². The van der Waals surface area contributed by atoms with Crippen LogP contribution in [0.5, 0.6) is 0 Å². The minimum atomic E-state index is -2.53. The lowest BCUT2D eigenvalue weighted by Crippen LogP contribution is -2.14. The lowest BCUT2D eigenvalue weighted by Gasteiger charge is -2.17. The molecular formula is C7H17O4P. The predicted octanol–water partition coefficient (Wildman–Crippen LogP) is -0.285. The molecule has 0 aromatic carbocycles. The van der Waals surface area contributed by atoms with Crippen molar-refractivity contribution in [1.82, 2.24) is 0 Å². The first-order valence-electron chi connectivity index (χ1n) is 4.01. The standard InChI is InChI=1S/C7H17O4P/c1-7(10)6-12(11,4-2-8)5-3-9/h7-10H,2-6H2,1H3. The fourth-order valence-corrected chi connectivity index (χ4v) is 3.42. The van der Waals surface area contributed by atoms with Crippen molar-refractivity contribution in [3.8, 4) is 0 Å². The van der Waals surface area contributed by atoms with Crippen LogP contribution in [-0.4, -0.2) is 53.1 Å². The van der Waals surface area contributed by atoms with Gasteiger partial charge in [0.25, 0.3) is 0 Å². The molecule has 4 nitrogen and oxygen atoms in total. The highest BCUT2D eigenvalue weighted by Gasteiger charge is 2.22. The zero-order valence-corrected chi connectivity index (χ0v) is 8.20. The topological polar surface area (TPSA) is 77.8 Å². The monoisotopic (exact) mass is 196 g/mol. The van der Waals surface area contributed by atoms with Gasteiger partial charge in [0.2, 0.25) is 0 Å². The summed E-state index contributed by atoms with van der Waals surface area (Å²) in [6.07, 6.45) is -0.0562. The van der Waals surface area contributed by atoms with Gasteiger partial charge in [0.05, 0.1) is 13.2 Å². The van der Waals surface area contributed by atoms with Crippen LogP contribution in [0.2, 0.25) is 0 Å². The van der Waals surface area contributed by atoms with Crippen molar-refractivity contribution in [1.29, 1.82) is 0 Å². The maximum absolute atomic E-state index is 11.7. The summed E-state index contributed by atoms with van der Waals surface area (Å²) in [7, 11) is -2.53. The lowest BCUT2D eigenvalue weighted by atomic mass is 10.5. The first-order valence-corrected chi connectivity index (χ1v) is 6.27. The van der Waals surface area contributed by atoms with E-state index in [0.29, 0.717) is 0 Å². The van der Waals surface area contributed by atoms with Crippen molar-refractivity contribution >= 4 is 7.14 Å². The smallest absolute Gasteiger partial charge is 0.0947 e. The van der Waals surface area contributed by atoms with E-state index in [1.807, 2.05) is 0 Å². The Morgan fingerprint density at radius 3 is 1.92 bits per heavy atom. The quantitative estimate of drug-likeness (QED) is 0.510. The van der Waals surface area contributed by atoms with E-state index in [9.17, 15) is 4.57 Å². The molecule has 0 saturated heterocycles. The van der Waals surface area contributed by atoms with Crippen LogP contribution in [0.1, 0.15) is 6.92 Å². The van der Waals surface area contributed by atoms with E-state index in [-0.39, 0.29) is 31.7 Å². The Hall–Kier alpha value is 0.110. The Bertz CT molecular complexity index is 147. The minimum absolute atomic E-state index is 0.149. The molecule has 0 amide bonds. The Labute approximate surface area is 72.6 Å². The van der Waals surface area contributed by atoms with Gasteiger partial charge in [-0.05, 0) is 6.92 Å². The summed E-state index contributed by atoms with van der Waals surface area (Å²) in [5.41, 5.74) is 0. The molecule has 0 saturated carbocycles. The molecular weight excluding hydrogens is 179 g/mol. The first-order chi connectivity index (χ1) is 5.54. The summed E-state index contributed by atoms with van der Waals surface area (Å²) >= 11 is 0. The van der Waals surface area contributed by atoms with Gasteiger partial charge in [0, 0.05) is 31.7 Å². The van der Waals surface area contributed by atoms with E-state index >= 15 is 0 Å². The van der Waals surface area contributed by atoms with Gasteiger partial charge >= 0.3 is 0 Å². The molecule has 0 aliphatic heterocycles. The fourth-order valence-electron chi connectivity index (χ4n) is 1.14. The first kappa shape index (κ1) is 12.1. The molecule has 3 N–H and O–H groups in total. The SMILES string of the molecule is CC(O)CP(=O)(CCO)CCO. The third kappa shape index (κ3) is 4.88. The summed E-state index contributed by atoms with van der Waals surface area (Å²) < 4.78 is 11.7. The van der Waals surface area contributed by atoms with Gasteiger partial charge in [-0.25, -0.2) is 0 Å². The average molecular weight is 196 g/mol. The van der Waals surface area contributed by atoms with Crippen LogP contribution in [0.3, 0.4) is 0 Å². The number of aliphatic hydroxyl groups excluding tert-OH is 3. The van der Waals surface area contributed by atoms with E-state index in [1.54, 1.807) is 6.92 Å². The van der Waals surface area contributed by atoms with Gasteiger partial charge in [0.1, 0.15) is 0 Å². The Morgan fingerprint density at radius 2 is 1.67 bits per heavy atom. The minimum Gasteiger partial charge on any atom is -0.396 e. The predicted molar refractivity (Wildman–Crippen MR) is 48.1 cm³/mol. The van der Waals surface area contributed by atoms with Crippen molar-refractivity contribution < 1.29 is 19.9 Å². The van der Waals surface area contributed by atoms with Crippen LogP contribution in [0, 0.1) is 0 Å². The molecule has 1 unspecified atom stereocenters. The summed E-state index contributed by atoms with van der Waals surface area (Å²) in [5, 5.41) is 26.2. The van der Waals surface area contributed by atoms with Crippen LogP contribution < -0.4 is 0 Å². The third-order valence-corrected chi connectivity index (χ3v) is 4.84. The van der Waals surface area contributed by atoms with Crippen LogP contribution >= 0.6 is 7.14 Å². The fraction of sp³-hybridized carbons (Fsp3) is 1.00. The molecule has 0 bridgehead atoms. The van der Waals surface area contributed by atoms with Crippen LogP contribution in [-0.2, 0) is 4.57 Å². The van der Waals surface area contributed by atoms with Gasteiger partial charge in [-0.3, -0.25) is 0 Å². The van der Waals surface area contributed by atoms with Crippen LogP contribution in [0.15, 0.2) is 0 Å². The largest absolute Gasteiger partial charge is 0.396 e. The van der Waals surface area contributed by atoms with Crippen molar-refractivity contribution in [3.05, 3.63) is 0 Å². The Morgan fingerprint density at radius 1 is 1.25 bits per heavy atom. The maximum atomic E-state index is 11.7. The second-order valence-electron chi connectivity index (χ2n) is 2.98. The number of hydrogen-bond acceptors (Lipinski definition) is 4. The molecule has 0 aromatic heterocycles. The lowest BCUT2D eigenvalue weighted by molar-refractivity contribution is 0.217. The van der Waals surface area contributed by atoms with E-state index in [1.165, 1.54) is 0 Å². The highest BCUT2D eigenvalue weighted by molar-refractivity contribution is 7.64. The second-order valence-corrected chi connectivity index (χ2v) is 6.36. The number of rotatable bonds is 6. The highest BCUT2D eigenvalue weighted by Crippen LogP contribution is 2.44. The summed E-state index contributed by atoms with van der Waals surface area (Å²) in [6.45, 7) is 1.26. The average Bonchev–Trinajstić information content (AvgIpc) is 1.85. The van der Waals surface area contributed by atoms with Crippen molar-refractivity contribution in [3.63, 3.8) is 0 Å². The van der Waals surface area contributed by atoms with Crippen molar-refractivity contribution in [2.75, 3.05) is 31.7 Å². The molecule has 12 heavy (non-hydrogen) atoms. The van der Waals surface area contributed by atoms with E-state index < -0.39 is 13.2 Å². The Kier molecular flexibility index (Phi) is 5.76. The second kappa shape index (κ2) is 5.70. The molecule has 0 fully saturated rings. The zero-order chi connectivity index (χ0) is 9.61.